The lowest BCUT2D eigenvalue weighted by atomic mass is 10.1. The van der Waals surface area contributed by atoms with Crippen molar-refractivity contribution in [3.05, 3.63) is 65.5 Å². The third-order valence-electron chi connectivity index (χ3n) is 6.32. The summed E-state index contributed by atoms with van der Waals surface area (Å²) in [5.41, 5.74) is 1.79. The first-order chi connectivity index (χ1) is 18.7. The van der Waals surface area contributed by atoms with Gasteiger partial charge < -0.3 is 20.1 Å². The van der Waals surface area contributed by atoms with E-state index in [1.54, 1.807) is 24.4 Å². The second-order valence-corrected chi connectivity index (χ2v) is 9.33. The summed E-state index contributed by atoms with van der Waals surface area (Å²) >= 11 is 0. The van der Waals surface area contributed by atoms with Crippen molar-refractivity contribution in [2.75, 3.05) is 12.4 Å². The molecule has 1 saturated carbocycles. The van der Waals surface area contributed by atoms with Gasteiger partial charge in [0.25, 0.3) is 5.91 Å². The Morgan fingerprint density at radius 3 is 2.72 bits per heavy atom. The molecular weight excluding hydrogens is 510 g/mol. The highest BCUT2D eigenvalue weighted by atomic mass is 19.1. The summed E-state index contributed by atoms with van der Waals surface area (Å²) in [6, 6.07) is 6.87. The molecule has 0 radical (unpaired) electrons. The first-order valence-corrected chi connectivity index (χ1v) is 12.3. The predicted molar refractivity (Wildman–Crippen MR) is 137 cm³/mol. The SMILES string of the molecule is COc1ncc(-c2ccc3nc(NC(C)=O)cn3n2)cc1C(=O)NCc1cc(F)cc(F)c1OC(C)C1CC1. The molecule has 1 atom stereocenters. The van der Waals surface area contributed by atoms with Crippen molar-refractivity contribution in [1.29, 1.82) is 0 Å². The fourth-order valence-corrected chi connectivity index (χ4v) is 4.19. The number of carbonyl (C=O) groups is 2. The largest absolute Gasteiger partial charge is 0.487 e. The Hall–Kier alpha value is -4.61. The van der Waals surface area contributed by atoms with Crippen LogP contribution in [-0.4, -0.2) is 44.6 Å². The molecule has 12 heteroatoms. The second-order valence-electron chi connectivity index (χ2n) is 9.33. The molecule has 2 amide bonds. The smallest absolute Gasteiger partial charge is 0.257 e. The lowest BCUT2D eigenvalue weighted by molar-refractivity contribution is -0.114. The number of methoxy groups -OCH3 is 1. The van der Waals surface area contributed by atoms with Gasteiger partial charge in [0.05, 0.1) is 25.1 Å². The summed E-state index contributed by atoms with van der Waals surface area (Å²) in [4.78, 5) is 33.0. The number of imidazole rings is 1. The van der Waals surface area contributed by atoms with E-state index in [2.05, 4.69) is 25.7 Å². The number of hydrogen-bond acceptors (Lipinski definition) is 7. The van der Waals surface area contributed by atoms with Gasteiger partial charge in [-0.1, -0.05) is 0 Å². The van der Waals surface area contributed by atoms with Crippen LogP contribution in [0.2, 0.25) is 0 Å². The van der Waals surface area contributed by atoms with Crippen LogP contribution in [0.4, 0.5) is 14.6 Å². The van der Waals surface area contributed by atoms with E-state index in [0.29, 0.717) is 28.6 Å². The Morgan fingerprint density at radius 2 is 2.00 bits per heavy atom. The van der Waals surface area contributed by atoms with E-state index in [1.807, 2.05) is 6.92 Å². The van der Waals surface area contributed by atoms with E-state index in [0.717, 1.165) is 25.0 Å². The van der Waals surface area contributed by atoms with Crippen LogP contribution in [0.3, 0.4) is 0 Å². The second kappa shape index (κ2) is 10.6. The zero-order valence-electron chi connectivity index (χ0n) is 21.5. The Bertz CT molecular complexity index is 1570. The minimum Gasteiger partial charge on any atom is -0.487 e. The zero-order valence-corrected chi connectivity index (χ0v) is 21.5. The molecule has 2 N–H and O–H groups in total. The number of pyridine rings is 1. The van der Waals surface area contributed by atoms with Crippen LogP contribution >= 0.6 is 0 Å². The standard InChI is InChI=1S/C27H26F2N6O4/c1-14(16-4-5-16)39-25-18(8-19(28)10-21(25)29)12-30-26(37)20-9-17(11-31-27(20)38-3)22-6-7-24-33-23(32-15(2)36)13-35(24)34-22/h6-11,13-14,16H,4-5,12H2,1-3H3,(H,30,37)(H,32,36). The molecule has 1 unspecified atom stereocenters. The molecule has 4 aromatic rings. The molecule has 3 aromatic heterocycles. The van der Waals surface area contributed by atoms with E-state index in [1.165, 1.54) is 24.7 Å². The molecule has 0 spiro atoms. The molecule has 5 rings (SSSR count). The monoisotopic (exact) mass is 536 g/mol. The zero-order chi connectivity index (χ0) is 27.7. The van der Waals surface area contributed by atoms with E-state index in [-0.39, 0.29) is 41.3 Å². The topological polar surface area (TPSA) is 120 Å². The molecule has 1 aliphatic rings. The number of nitrogens with one attached hydrogen (secondary N) is 2. The van der Waals surface area contributed by atoms with E-state index in [9.17, 15) is 18.4 Å². The first kappa shape index (κ1) is 26.0. The minimum atomic E-state index is -0.823. The number of rotatable bonds is 9. The summed E-state index contributed by atoms with van der Waals surface area (Å²) in [7, 11) is 1.38. The van der Waals surface area contributed by atoms with Crippen molar-refractivity contribution in [2.45, 2.75) is 39.3 Å². The maximum atomic E-state index is 14.6. The minimum absolute atomic E-state index is 0.0668. The van der Waals surface area contributed by atoms with Gasteiger partial charge in [0.15, 0.2) is 23.0 Å². The Balaban J connectivity index is 1.38. The molecule has 1 aromatic carbocycles. The van der Waals surface area contributed by atoms with Gasteiger partial charge in [-0.25, -0.2) is 23.3 Å². The summed E-state index contributed by atoms with van der Waals surface area (Å²) in [5, 5.41) is 9.78. The van der Waals surface area contributed by atoms with Gasteiger partial charge in [0.2, 0.25) is 11.8 Å². The Morgan fingerprint density at radius 1 is 1.21 bits per heavy atom. The summed E-state index contributed by atoms with van der Waals surface area (Å²) in [6.45, 7) is 3.05. The van der Waals surface area contributed by atoms with Crippen LogP contribution in [0.15, 0.2) is 42.7 Å². The van der Waals surface area contributed by atoms with Crippen LogP contribution in [0.25, 0.3) is 16.9 Å². The van der Waals surface area contributed by atoms with Crippen LogP contribution in [-0.2, 0) is 11.3 Å². The number of amides is 2. The molecule has 0 bridgehead atoms. The number of nitrogens with zero attached hydrogens (tertiary/aromatic N) is 4. The van der Waals surface area contributed by atoms with E-state index < -0.39 is 17.5 Å². The fourth-order valence-electron chi connectivity index (χ4n) is 4.19. The molecule has 10 nitrogen and oxygen atoms in total. The quantitative estimate of drug-likeness (QED) is 0.330. The summed E-state index contributed by atoms with van der Waals surface area (Å²) in [6.07, 6.45) is 4.83. The fraction of sp³-hybridized carbons (Fsp3) is 0.296. The summed E-state index contributed by atoms with van der Waals surface area (Å²) in [5.74, 6) is -1.74. The molecule has 3 heterocycles. The number of halogens is 2. The lowest BCUT2D eigenvalue weighted by Gasteiger charge is -2.18. The number of benzene rings is 1. The molecule has 1 fully saturated rings. The van der Waals surface area contributed by atoms with Gasteiger partial charge >= 0.3 is 0 Å². The molecular formula is C27H26F2N6O4. The number of hydrogen-bond donors (Lipinski definition) is 2. The molecule has 1 aliphatic carbocycles. The predicted octanol–water partition coefficient (Wildman–Crippen LogP) is 4.14. The van der Waals surface area contributed by atoms with Crippen molar-refractivity contribution in [1.82, 2.24) is 24.9 Å². The van der Waals surface area contributed by atoms with Crippen molar-refractivity contribution in [2.24, 2.45) is 5.92 Å². The van der Waals surface area contributed by atoms with Crippen LogP contribution in [0, 0.1) is 17.6 Å². The van der Waals surface area contributed by atoms with Gasteiger partial charge in [-0.15, -0.1) is 0 Å². The third-order valence-corrected chi connectivity index (χ3v) is 6.32. The van der Waals surface area contributed by atoms with Gasteiger partial charge in [-0.05, 0) is 49.9 Å². The molecule has 0 saturated heterocycles. The third kappa shape index (κ3) is 5.79. The highest BCUT2D eigenvalue weighted by Gasteiger charge is 2.31. The maximum Gasteiger partial charge on any atom is 0.257 e. The Labute approximate surface area is 222 Å². The van der Waals surface area contributed by atoms with Crippen LogP contribution < -0.4 is 20.1 Å². The van der Waals surface area contributed by atoms with Crippen LogP contribution in [0.5, 0.6) is 11.6 Å². The van der Waals surface area contributed by atoms with Gasteiger partial charge in [-0.2, -0.15) is 5.10 Å². The average molecular weight is 537 g/mol. The van der Waals surface area contributed by atoms with Crippen molar-refractivity contribution in [3.63, 3.8) is 0 Å². The molecule has 202 valence electrons. The highest BCUT2D eigenvalue weighted by Crippen LogP contribution is 2.36. The van der Waals surface area contributed by atoms with Gasteiger partial charge in [0.1, 0.15) is 11.4 Å². The number of ether oxygens (including phenoxy) is 2. The number of anilines is 1. The van der Waals surface area contributed by atoms with E-state index >= 15 is 0 Å². The normalized spacial score (nSPS) is 13.7. The van der Waals surface area contributed by atoms with E-state index in [4.69, 9.17) is 9.47 Å². The van der Waals surface area contributed by atoms with Crippen molar-refractivity contribution in [3.8, 4) is 22.9 Å². The number of aromatic nitrogens is 4. The molecule has 39 heavy (non-hydrogen) atoms. The lowest BCUT2D eigenvalue weighted by Crippen LogP contribution is -2.25. The number of fused-ring (bicyclic) bond motifs is 1. The van der Waals surface area contributed by atoms with Gasteiger partial charge in [-0.3, -0.25) is 9.59 Å². The average Bonchev–Trinajstić information content (AvgIpc) is 3.68. The Kier molecular flexibility index (Phi) is 7.09. The highest BCUT2D eigenvalue weighted by molar-refractivity contribution is 5.97. The summed E-state index contributed by atoms with van der Waals surface area (Å²) < 4.78 is 41.2. The van der Waals surface area contributed by atoms with Gasteiger partial charge in [0, 0.05) is 36.9 Å². The number of carbonyl (C=O) groups excluding carboxylic acids is 2. The first-order valence-electron chi connectivity index (χ1n) is 12.3. The van der Waals surface area contributed by atoms with Crippen molar-refractivity contribution < 1.29 is 27.8 Å². The maximum absolute atomic E-state index is 14.6. The van der Waals surface area contributed by atoms with Crippen molar-refractivity contribution >= 4 is 23.3 Å². The van der Waals surface area contributed by atoms with Crippen LogP contribution in [0.1, 0.15) is 42.6 Å². The molecule has 0 aliphatic heterocycles.